The highest BCUT2D eigenvalue weighted by atomic mass is 32.2. The van der Waals surface area contributed by atoms with Gasteiger partial charge in [0, 0.05) is 26.7 Å². The zero-order valence-corrected chi connectivity index (χ0v) is 11.7. The summed E-state index contributed by atoms with van der Waals surface area (Å²) >= 11 is 0. The average molecular weight is 303 g/mol. The predicted molar refractivity (Wildman–Crippen MR) is 65.6 cm³/mol. The van der Waals surface area contributed by atoms with Crippen molar-refractivity contribution in [3.63, 3.8) is 0 Å². The van der Waals surface area contributed by atoms with Crippen LogP contribution in [0.2, 0.25) is 0 Å². The Balaban J connectivity index is 2.73. The van der Waals surface area contributed by atoms with Gasteiger partial charge in [0.25, 0.3) is 10.2 Å². The monoisotopic (exact) mass is 303 g/mol. The minimum Gasteiger partial charge on any atom is -0.330 e. The van der Waals surface area contributed by atoms with Crippen LogP contribution in [0.15, 0.2) is 0 Å². The highest BCUT2D eigenvalue weighted by Crippen LogP contribution is 2.34. The van der Waals surface area contributed by atoms with Crippen LogP contribution in [0.4, 0.5) is 13.2 Å². The van der Waals surface area contributed by atoms with Gasteiger partial charge in [-0.1, -0.05) is 0 Å². The van der Waals surface area contributed by atoms with Crippen LogP contribution in [0.3, 0.4) is 0 Å². The maximum atomic E-state index is 12.7. The molecule has 2 N–H and O–H groups in total. The van der Waals surface area contributed by atoms with E-state index < -0.39 is 28.8 Å². The SMILES string of the molecule is CN(CCCN)S(=O)(=O)N1CCCC(C(F)(F)F)C1. The molecule has 1 fully saturated rings. The Morgan fingerprint density at radius 3 is 2.58 bits per heavy atom. The van der Waals surface area contributed by atoms with Crippen molar-refractivity contribution < 1.29 is 21.6 Å². The number of nitrogens with two attached hydrogens (primary N) is 1. The minimum absolute atomic E-state index is 0.0119. The first-order chi connectivity index (χ1) is 8.69. The fraction of sp³-hybridized carbons (Fsp3) is 1.00. The fourth-order valence-electron chi connectivity index (χ4n) is 2.05. The third kappa shape index (κ3) is 4.30. The smallest absolute Gasteiger partial charge is 0.330 e. The third-order valence-corrected chi connectivity index (χ3v) is 5.20. The highest BCUT2D eigenvalue weighted by molar-refractivity contribution is 7.86. The lowest BCUT2D eigenvalue weighted by atomic mass is 9.99. The Morgan fingerprint density at radius 1 is 1.42 bits per heavy atom. The van der Waals surface area contributed by atoms with E-state index >= 15 is 0 Å². The summed E-state index contributed by atoms with van der Waals surface area (Å²) in [5.41, 5.74) is 5.29. The van der Waals surface area contributed by atoms with Crippen molar-refractivity contribution in [2.24, 2.45) is 11.7 Å². The van der Waals surface area contributed by atoms with Gasteiger partial charge in [-0.05, 0) is 25.8 Å². The molecule has 0 bridgehead atoms. The van der Waals surface area contributed by atoms with Crippen molar-refractivity contribution in [2.75, 3.05) is 33.2 Å². The van der Waals surface area contributed by atoms with E-state index in [1.807, 2.05) is 0 Å². The lowest BCUT2D eigenvalue weighted by molar-refractivity contribution is -0.182. The van der Waals surface area contributed by atoms with E-state index in [1.54, 1.807) is 0 Å². The predicted octanol–water partition coefficient (Wildman–Crippen LogP) is 0.786. The average Bonchev–Trinajstić information content (AvgIpc) is 2.35. The van der Waals surface area contributed by atoms with Gasteiger partial charge in [-0.15, -0.1) is 0 Å². The summed E-state index contributed by atoms with van der Waals surface area (Å²) in [5, 5.41) is 0. The van der Waals surface area contributed by atoms with Crippen molar-refractivity contribution in [2.45, 2.75) is 25.4 Å². The largest absolute Gasteiger partial charge is 0.393 e. The molecule has 0 amide bonds. The first kappa shape index (κ1) is 16.7. The molecule has 1 saturated heterocycles. The van der Waals surface area contributed by atoms with Crippen molar-refractivity contribution in [1.82, 2.24) is 8.61 Å². The normalized spacial score (nSPS) is 22.9. The van der Waals surface area contributed by atoms with Crippen LogP contribution in [0.1, 0.15) is 19.3 Å². The molecule has 1 heterocycles. The molecule has 9 heteroatoms. The van der Waals surface area contributed by atoms with Gasteiger partial charge in [-0.25, -0.2) is 0 Å². The van der Waals surface area contributed by atoms with E-state index in [4.69, 9.17) is 5.73 Å². The molecule has 19 heavy (non-hydrogen) atoms. The summed E-state index contributed by atoms with van der Waals surface area (Å²) in [6.45, 7) is 0.206. The van der Waals surface area contributed by atoms with Crippen molar-refractivity contribution in [1.29, 1.82) is 0 Å². The van der Waals surface area contributed by atoms with E-state index in [1.165, 1.54) is 7.05 Å². The number of piperidine rings is 1. The van der Waals surface area contributed by atoms with E-state index in [9.17, 15) is 21.6 Å². The Morgan fingerprint density at radius 2 is 2.05 bits per heavy atom. The number of hydrogen-bond donors (Lipinski definition) is 1. The van der Waals surface area contributed by atoms with Gasteiger partial charge in [-0.2, -0.15) is 30.2 Å². The molecular weight excluding hydrogens is 283 g/mol. The molecule has 5 nitrogen and oxygen atoms in total. The van der Waals surface area contributed by atoms with Crippen LogP contribution in [0.25, 0.3) is 0 Å². The first-order valence-corrected chi connectivity index (χ1v) is 7.57. The molecule has 0 saturated carbocycles. The maximum Gasteiger partial charge on any atom is 0.393 e. The number of rotatable bonds is 5. The Kier molecular flexibility index (Phi) is 5.60. The fourth-order valence-corrected chi connectivity index (χ4v) is 3.53. The quantitative estimate of drug-likeness (QED) is 0.816. The van der Waals surface area contributed by atoms with Gasteiger partial charge < -0.3 is 5.73 Å². The first-order valence-electron chi connectivity index (χ1n) is 6.17. The lowest BCUT2D eigenvalue weighted by Crippen LogP contribution is -2.49. The summed E-state index contributed by atoms with van der Waals surface area (Å²) in [6, 6.07) is 0. The molecule has 114 valence electrons. The zero-order chi connectivity index (χ0) is 14.7. The Labute approximate surface area is 111 Å². The number of nitrogens with zero attached hydrogens (tertiary/aromatic N) is 2. The second-order valence-electron chi connectivity index (χ2n) is 4.71. The second kappa shape index (κ2) is 6.38. The van der Waals surface area contributed by atoms with Gasteiger partial charge in [0.05, 0.1) is 5.92 Å². The second-order valence-corrected chi connectivity index (χ2v) is 6.75. The molecular formula is C10H20F3N3O2S. The molecule has 0 aliphatic carbocycles. The summed E-state index contributed by atoms with van der Waals surface area (Å²) < 4.78 is 64.2. The van der Waals surface area contributed by atoms with Crippen molar-refractivity contribution >= 4 is 10.2 Å². The van der Waals surface area contributed by atoms with Gasteiger partial charge in [0.15, 0.2) is 0 Å². The topological polar surface area (TPSA) is 66.6 Å². The molecule has 1 unspecified atom stereocenters. The molecule has 0 aromatic rings. The maximum absolute atomic E-state index is 12.7. The van der Waals surface area contributed by atoms with E-state index in [-0.39, 0.29) is 25.9 Å². The van der Waals surface area contributed by atoms with Crippen molar-refractivity contribution in [3.05, 3.63) is 0 Å². The number of hydrogen-bond acceptors (Lipinski definition) is 3. The van der Waals surface area contributed by atoms with Crippen LogP contribution < -0.4 is 5.73 Å². The standard InChI is InChI=1S/C10H20F3N3O2S/c1-15(6-3-5-14)19(17,18)16-7-2-4-9(8-16)10(11,12)13/h9H,2-8,14H2,1H3. The number of halogens is 3. The Hall–Kier alpha value is -0.380. The van der Waals surface area contributed by atoms with Gasteiger partial charge in [-0.3, -0.25) is 0 Å². The summed E-state index contributed by atoms with van der Waals surface area (Å²) in [6.07, 6.45) is -3.65. The van der Waals surface area contributed by atoms with Crippen LogP contribution >= 0.6 is 0 Å². The van der Waals surface area contributed by atoms with Gasteiger partial charge in [0.1, 0.15) is 0 Å². The molecule has 0 aromatic heterocycles. The Bertz CT molecular complexity index is 386. The van der Waals surface area contributed by atoms with Gasteiger partial charge >= 0.3 is 6.18 Å². The molecule has 1 aliphatic rings. The van der Waals surface area contributed by atoms with E-state index in [0.717, 1.165) is 8.61 Å². The van der Waals surface area contributed by atoms with Crippen LogP contribution in [0, 0.1) is 5.92 Å². The van der Waals surface area contributed by atoms with Crippen LogP contribution in [-0.2, 0) is 10.2 Å². The summed E-state index contributed by atoms with van der Waals surface area (Å²) in [4.78, 5) is 0. The van der Waals surface area contributed by atoms with E-state index in [0.29, 0.717) is 13.0 Å². The lowest BCUT2D eigenvalue weighted by Gasteiger charge is -2.35. The highest BCUT2D eigenvalue weighted by Gasteiger charge is 2.44. The van der Waals surface area contributed by atoms with Crippen LogP contribution in [0.5, 0.6) is 0 Å². The minimum atomic E-state index is -4.34. The van der Waals surface area contributed by atoms with E-state index in [2.05, 4.69) is 0 Å². The summed E-state index contributed by atoms with van der Waals surface area (Å²) in [7, 11) is -2.45. The molecule has 0 aromatic carbocycles. The molecule has 1 rings (SSSR count). The number of alkyl halides is 3. The summed E-state index contributed by atoms with van der Waals surface area (Å²) in [5.74, 6) is -1.57. The van der Waals surface area contributed by atoms with Gasteiger partial charge in [0.2, 0.25) is 0 Å². The van der Waals surface area contributed by atoms with Crippen LogP contribution in [-0.4, -0.2) is 56.4 Å². The molecule has 0 radical (unpaired) electrons. The third-order valence-electron chi connectivity index (χ3n) is 3.24. The van der Waals surface area contributed by atoms with Crippen molar-refractivity contribution in [3.8, 4) is 0 Å². The zero-order valence-electron chi connectivity index (χ0n) is 10.9. The molecule has 1 aliphatic heterocycles. The molecule has 0 spiro atoms. The molecule has 1 atom stereocenters.